The van der Waals surface area contributed by atoms with Gasteiger partial charge in [0.2, 0.25) is 5.91 Å². The molecular formula is C27H28N4O4S. The number of ether oxygens (including phenoxy) is 2. The Kier molecular flexibility index (Phi) is 8.12. The van der Waals surface area contributed by atoms with Gasteiger partial charge >= 0.3 is 0 Å². The van der Waals surface area contributed by atoms with Crippen molar-refractivity contribution in [1.82, 2.24) is 9.88 Å². The summed E-state index contributed by atoms with van der Waals surface area (Å²) in [6.45, 7) is 5.23. The van der Waals surface area contributed by atoms with Crippen LogP contribution in [-0.4, -0.2) is 46.1 Å². The highest BCUT2D eigenvalue weighted by Gasteiger charge is 2.44. The van der Waals surface area contributed by atoms with Gasteiger partial charge in [-0.25, -0.2) is 0 Å². The summed E-state index contributed by atoms with van der Waals surface area (Å²) in [5.74, 6) is 0.872. The molecule has 3 aromatic rings. The van der Waals surface area contributed by atoms with Crippen molar-refractivity contribution >= 4 is 40.5 Å². The molecule has 2 heterocycles. The lowest BCUT2D eigenvalue weighted by Crippen LogP contribution is -2.37. The molecule has 1 fully saturated rings. The molecule has 0 radical (unpaired) electrons. The average Bonchev–Trinajstić information content (AvgIpc) is 3.10. The summed E-state index contributed by atoms with van der Waals surface area (Å²) < 4.78 is 11.0. The van der Waals surface area contributed by atoms with Crippen LogP contribution in [0.4, 0.5) is 11.4 Å². The molecule has 1 aliphatic heterocycles. The predicted molar refractivity (Wildman–Crippen MR) is 142 cm³/mol. The van der Waals surface area contributed by atoms with E-state index in [2.05, 4.69) is 10.3 Å². The van der Waals surface area contributed by atoms with Gasteiger partial charge in [-0.05, 0) is 86.7 Å². The van der Waals surface area contributed by atoms with Gasteiger partial charge in [-0.15, -0.1) is 0 Å². The van der Waals surface area contributed by atoms with Gasteiger partial charge in [0.25, 0.3) is 5.91 Å². The monoisotopic (exact) mass is 504 g/mol. The number of pyridine rings is 1. The molecule has 9 heteroatoms. The number of hydrogen-bond acceptors (Lipinski definition) is 6. The van der Waals surface area contributed by atoms with E-state index in [0.717, 1.165) is 11.4 Å². The number of nitrogens with one attached hydrogen (secondary N) is 1. The van der Waals surface area contributed by atoms with Gasteiger partial charge in [-0.2, -0.15) is 0 Å². The predicted octanol–water partition coefficient (Wildman–Crippen LogP) is 4.41. The Labute approximate surface area is 215 Å². The van der Waals surface area contributed by atoms with Crippen molar-refractivity contribution in [3.63, 3.8) is 0 Å². The van der Waals surface area contributed by atoms with Gasteiger partial charge < -0.3 is 19.7 Å². The van der Waals surface area contributed by atoms with E-state index in [1.165, 1.54) is 4.90 Å². The Balaban J connectivity index is 1.54. The third-order valence-corrected chi connectivity index (χ3v) is 6.03. The molecule has 0 aliphatic carbocycles. The second-order valence-electron chi connectivity index (χ2n) is 8.06. The first-order valence-corrected chi connectivity index (χ1v) is 12.2. The lowest BCUT2D eigenvalue weighted by Gasteiger charge is -2.23. The quantitative estimate of drug-likeness (QED) is 0.410. The molecule has 1 N–H and O–H groups in total. The van der Waals surface area contributed by atoms with Crippen molar-refractivity contribution in [3.8, 4) is 11.5 Å². The number of thiocarbonyl (C=S) groups is 1. The minimum Gasteiger partial charge on any atom is -0.494 e. The molecule has 4 rings (SSSR count). The van der Waals surface area contributed by atoms with Gasteiger partial charge in [0.1, 0.15) is 17.5 Å². The Morgan fingerprint density at radius 2 is 1.61 bits per heavy atom. The highest BCUT2D eigenvalue weighted by molar-refractivity contribution is 7.80. The number of aromatic nitrogens is 1. The molecule has 8 nitrogen and oxygen atoms in total. The molecule has 1 aromatic heterocycles. The number of hydrogen-bond donors (Lipinski definition) is 1. The van der Waals surface area contributed by atoms with Crippen LogP contribution in [0.2, 0.25) is 0 Å². The van der Waals surface area contributed by atoms with Gasteiger partial charge in [-0.1, -0.05) is 6.07 Å². The van der Waals surface area contributed by atoms with Crippen molar-refractivity contribution in [2.75, 3.05) is 23.4 Å². The Bertz CT molecular complexity index is 1200. The minimum atomic E-state index is -0.770. The van der Waals surface area contributed by atoms with E-state index in [4.69, 9.17) is 21.7 Å². The number of carbonyl (C=O) groups is 2. The van der Waals surface area contributed by atoms with Crippen LogP contribution in [0.25, 0.3) is 0 Å². The Hall–Kier alpha value is -3.98. The zero-order valence-corrected chi connectivity index (χ0v) is 21.0. The Morgan fingerprint density at radius 3 is 2.19 bits per heavy atom. The van der Waals surface area contributed by atoms with Crippen LogP contribution >= 0.6 is 12.2 Å². The standard InChI is InChI=1S/C27H28N4O4S/c1-3-34-22-12-8-19(9-13-22)29-25(32)17-24-26(33)31(21-10-14-23(15-11-21)35-4-2)27(36)30(24)18-20-7-5-6-16-28-20/h5-16,24H,3-4,17-18H2,1-2H3,(H,29,32)/t24-/m1/s1. The van der Waals surface area contributed by atoms with Crippen LogP contribution < -0.4 is 19.7 Å². The number of anilines is 2. The third-order valence-electron chi connectivity index (χ3n) is 5.61. The molecule has 0 bridgehead atoms. The molecule has 36 heavy (non-hydrogen) atoms. The van der Waals surface area contributed by atoms with Crippen LogP contribution in [0.3, 0.4) is 0 Å². The summed E-state index contributed by atoms with van der Waals surface area (Å²) in [7, 11) is 0. The van der Waals surface area contributed by atoms with E-state index in [-0.39, 0.29) is 18.2 Å². The van der Waals surface area contributed by atoms with Crippen LogP contribution in [0.5, 0.6) is 11.5 Å². The summed E-state index contributed by atoms with van der Waals surface area (Å²) in [5, 5.41) is 3.19. The first-order chi connectivity index (χ1) is 17.5. The van der Waals surface area contributed by atoms with Crippen LogP contribution in [0, 0.1) is 0 Å². The summed E-state index contributed by atoms with van der Waals surface area (Å²) in [5.41, 5.74) is 1.99. The molecule has 0 saturated carbocycles. The molecular weight excluding hydrogens is 476 g/mol. The molecule has 2 aromatic carbocycles. The molecule has 1 aliphatic rings. The number of nitrogens with zero attached hydrogens (tertiary/aromatic N) is 3. The molecule has 186 valence electrons. The fraction of sp³-hybridized carbons (Fsp3) is 0.259. The highest BCUT2D eigenvalue weighted by atomic mass is 32.1. The van der Waals surface area contributed by atoms with Gasteiger partial charge in [-0.3, -0.25) is 19.5 Å². The minimum absolute atomic E-state index is 0.0629. The lowest BCUT2D eigenvalue weighted by atomic mass is 10.1. The molecule has 0 unspecified atom stereocenters. The maximum absolute atomic E-state index is 13.6. The van der Waals surface area contributed by atoms with Crippen molar-refractivity contribution < 1.29 is 19.1 Å². The highest BCUT2D eigenvalue weighted by Crippen LogP contribution is 2.30. The number of rotatable bonds is 10. The van der Waals surface area contributed by atoms with E-state index in [9.17, 15) is 9.59 Å². The Morgan fingerprint density at radius 1 is 0.972 bits per heavy atom. The maximum Gasteiger partial charge on any atom is 0.256 e. The molecule has 1 saturated heterocycles. The van der Waals surface area contributed by atoms with E-state index in [1.54, 1.807) is 59.6 Å². The fourth-order valence-corrected chi connectivity index (χ4v) is 4.35. The van der Waals surface area contributed by atoms with Crippen LogP contribution in [-0.2, 0) is 16.1 Å². The largest absolute Gasteiger partial charge is 0.494 e. The van der Waals surface area contributed by atoms with Crippen LogP contribution in [0.1, 0.15) is 26.0 Å². The smallest absolute Gasteiger partial charge is 0.256 e. The van der Waals surface area contributed by atoms with Crippen molar-refractivity contribution in [3.05, 3.63) is 78.6 Å². The van der Waals surface area contributed by atoms with E-state index in [0.29, 0.717) is 42.0 Å². The van der Waals surface area contributed by atoms with E-state index >= 15 is 0 Å². The number of benzene rings is 2. The van der Waals surface area contributed by atoms with Gasteiger partial charge in [0.15, 0.2) is 5.11 Å². The zero-order valence-electron chi connectivity index (χ0n) is 20.2. The SMILES string of the molecule is CCOc1ccc(NC(=O)C[C@@H]2C(=O)N(c3ccc(OCC)cc3)C(=S)N2Cc2ccccn2)cc1. The molecule has 1 atom stereocenters. The van der Waals surface area contributed by atoms with E-state index < -0.39 is 6.04 Å². The summed E-state index contributed by atoms with van der Waals surface area (Å²) >= 11 is 5.73. The summed E-state index contributed by atoms with van der Waals surface area (Å²) in [4.78, 5) is 34.2. The maximum atomic E-state index is 13.6. The average molecular weight is 505 g/mol. The van der Waals surface area contributed by atoms with E-state index in [1.807, 2.05) is 32.0 Å². The first-order valence-electron chi connectivity index (χ1n) is 11.8. The first kappa shape index (κ1) is 25.1. The van der Waals surface area contributed by atoms with Crippen molar-refractivity contribution in [1.29, 1.82) is 0 Å². The zero-order chi connectivity index (χ0) is 25.5. The van der Waals surface area contributed by atoms with Crippen LogP contribution in [0.15, 0.2) is 72.9 Å². The number of carbonyl (C=O) groups excluding carboxylic acids is 2. The van der Waals surface area contributed by atoms with Crippen molar-refractivity contribution in [2.45, 2.75) is 32.9 Å². The summed E-state index contributed by atoms with van der Waals surface area (Å²) in [6.07, 6.45) is 1.63. The third kappa shape index (κ3) is 5.80. The molecule has 2 amide bonds. The van der Waals surface area contributed by atoms with Crippen molar-refractivity contribution in [2.24, 2.45) is 0 Å². The topological polar surface area (TPSA) is 84.0 Å². The fourth-order valence-electron chi connectivity index (χ4n) is 3.96. The second kappa shape index (κ2) is 11.6. The lowest BCUT2D eigenvalue weighted by molar-refractivity contribution is -0.124. The van der Waals surface area contributed by atoms with Gasteiger partial charge in [0.05, 0.1) is 37.6 Å². The number of amides is 2. The molecule has 0 spiro atoms. The summed E-state index contributed by atoms with van der Waals surface area (Å²) in [6, 6.07) is 19.1. The second-order valence-corrected chi connectivity index (χ2v) is 8.42. The normalized spacial score (nSPS) is 15.2. The van der Waals surface area contributed by atoms with Gasteiger partial charge in [0, 0.05) is 11.9 Å².